The largest absolute Gasteiger partial charge is 0.493 e. The number of nitrogens with one attached hydrogen (secondary N) is 1. The molecule has 2 aromatic rings. The van der Waals surface area contributed by atoms with E-state index in [4.69, 9.17) is 9.47 Å². The van der Waals surface area contributed by atoms with Crippen LogP contribution < -0.4 is 14.8 Å². The van der Waals surface area contributed by atoms with Gasteiger partial charge in [0.2, 0.25) is 0 Å². The van der Waals surface area contributed by atoms with Gasteiger partial charge in [-0.3, -0.25) is 4.79 Å². The number of amides is 1. The molecule has 0 radical (unpaired) electrons. The van der Waals surface area contributed by atoms with Crippen molar-refractivity contribution in [3.8, 4) is 11.5 Å². The fraction of sp³-hybridized carbons (Fsp3) is 0.235. The minimum absolute atomic E-state index is 0.265. The molecule has 24 heavy (non-hydrogen) atoms. The van der Waals surface area contributed by atoms with Crippen molar-refractivity contribution in [2.45, 2.75) is 13.1 Å². The van der Waals surface area contributed by atoms with Gasteiger partial charge in [-0.2, -0.15) is 13.2 Å². The van der Waals surface area contributed by atoms with Crippen molar-refractivity contribution in [1.29, 1.82) is 0 Å². The summed E-state index contributed by atoms with van der Waals surface area (Å²) >= 11 is 0. The molecule has 0 bridgehead atoms. The van der Waals surface area contributed by atoms with E-state index in [9.17, 15) is 18.0 Å². The van der Waals surface area contributed by atoms with Gasteiger partial charge >= 0.3 is 6.18 Å². The summed E-state index contributed by atoms with van der Waals surface area (Å²) in [6.45, 7) is 2.28. The van der Waals surface area contributed by atoms with Gasteiger partial charge in [0.25, 0.3) is 5.91 Å². The Morgan fingerprint density at radius 3 is 2.29 bits per heavy atom. The molecule has 0 aliphatic heterocycles. The minimum atomic E-state index is -4.41. The smallest absolute Gasteiger partial charge is 0.416 e. The van der Waals surface area contributed by atoms with Crippen LogP contribution in [0.15, 0.2) is 42.5 Å². The van der Waals surface area contributed by atoms with E-state index < -0.39 is 17.6 Å². The summed E-state index contributed by atoms with van der Waals surface area (Å²) in [4.78, 5) is 12.2. The average Bonchev–Trinajstić information content (AvgIpc) is 2.55. The van der Waals surface area contributed by atoms with E-state index in [0.717, 1.165) is 12.1 Å². The molecular formula is C17H16F3NO3. The molecule has 2 aromatic carbocycles. The Bertz CT molecular complexity index is 712. The van der Waals surface area contributed by atoms with Gasteiger partial charge in [-0.15, -0.1) is 0 Å². The third-order valence-electron chi connectivity index (χ3n) is 3.20. The van der Waals surface area contributed by atoms with E-state index in [1.54, 1.807) is 12.1 Å². The van der Waals surface area contributed by atoms with Crippen LogP contribution in [0.2, 0.25) is 0 Å². The molecule has 0 heterocycles. The summed E-state index contributed by atoms with van der Waals surface area (Å²) in [5.74, 6) is 0.444. The second-order valence-electron chi connectivity index (χ2n) is 4.83. The summed E-state index contributed by atoms with van der Waals surface area (Å²) < 4.78 is 48.1. The summed E-state index contributed by atoms with van der Waals surface area (Å²) in [7, 11) is 1.45. The molecule has 1 amide bonds. The van der Waals surface area contributed by atoms with Crippen molar-refractivity contribution in [2.24, 2.45) is 0 Å². The van der Waals surface area contributed by atoms with Crippen molar-refractivity contribution in [2.75, 3.05) is 19.0 Å². The molecule has 0 aliphatic carbocycles. The number of carbonyl (C=O) groups excluding carboxylic acids is 1. The van der Waals surface area contributed by atoms with Crippen LogP contribution in [-0.2, 0) is 6.18 Å². The summed E-state index contributed by atoms with van der Waals surface area (Å²) in [5.41, 5.74) is -0.209. The Kier molecular flexibility index (Phi) is 5.33. The van der Waals surface area contributed by atoms with Crippen LogP contribution in [-0.4, -0.2) is 19.6 Å². The summed E-state index contributed by atoms with van der Waals surface area (Å²) in [5, 5.41) is 2.54. The molecule has 4 nitrogen and oxygen atoms in total. The van der Waals surface area contributed by atoms with Crippen molar-refractivity contribution in [3.05, 3.63) is 53.6 Å². The summed E-state index contributed by atoms with van der Waals surface area (Å²) in [6.07, 6.45) is -4.41. The Labute approximate surface area is 137 Å². The van der Waals surface area contributed by atoms with E-state index in [1.165, 1.54) is 25.3 Å². The lowest BCUT2D eigenvalue weighted by Gasteiger charge is -2.12. The van der Waals surface area contributed by atoms with E-state index in [-0.39, 0.29) is 5.69 Å². The van der Waals surface area contributed by atoms with Crippen LogP contribution in [0.1, 0.15) is 22.8 Å². The van der Waals surface area contributed by atoms with Crippen LogP contribution >= 0.6 is 0 Å². The highest BCUT2D eigenvalue weighted by atomic mass is 19.4. The fourth-order valence-corrected chi connectivity index (χ4v) is 2.03. The lowest BCUT2D eigenvalue weighted by atomic mass is 10.1. The maximum atomic E-state index is 12.5. The van der Waals surface area contributed by atoms with Gasteiger partial charge in [-0.05, 0) is 49.4 Å². The predicted octanol–water partition coefficient (Wildman–Crippen LogP) is 4.37. The van der Waals surface area contributed by atoms with Crippen molar-refractivity contribution in [1.82, 2.24) is 0 Å². The zero-order valence-corrected chi connectivity index (χ0v) is 13.1. The van der Waals surface area contributed by atoms with Crippen molar-refractivity contribution in [3.63, 3.8) is 0 Å². The lowest BCUT2D eigenvalue weighted by molar-refractivity contribution is -0.137. The quantitative estimate of drug-likeness (QED) is 0.880. The molecule has 128 valence electrons. The van der Waals surface area contributed by atoms with Gasteiger partial charge in [0, 0.05) is 11.3 Å². The molecule has 0 saturated carbocycles. The molecule has 1 N–H and O–H groups in total. The zero-order chi connectivity index (χ0) is 17.7. The highest BCUT2D eigenvalue weighted by Crippen LogP contribution is 2.30. The second kappa shape index (κ2) is 7.25. The van der Waals surface area contributed by atoms with E-state index in [1.807, 2.05) is 6.92 Å². The number of alkyl halides is 3. The third kappa shape index (κ3) is 4.18. The van der Waals surface area contributed by atoms with Crippen LogP contribution in [0.25, 0.3) is 0 Å². The molecule has 0 aliphatic rings. The van der Waals surface area contributed by atoms with Gasteiger partial charge in [0.15, 0.2) is 11.5 Å². The maximum absolute atomic E-state index is 12.5. The van der Waals surface area contributed by atoms with Crippen LogP contribution in [0.4, 0.5) is 18.9 Å². The predicted molar refractivity (Wildman–Crippen MR) is 83.6 cm³/mol. The number of halogens is 3. The average molecular weight is 339 g/mol. The van der Waals surface area contributed by atoms with Crippen LogP contribution in [0.5, 0.6) is 11.5 Å². The molecule has 7 heteroatoms. The van der Waals surface area contributed by atoms with Gasteiger partial charge < -0.3 is 14.8 Å². The van der Waals surface area contributed by atoms with E-state index in [2.05, 4.69) is 5.32 Å². The first-order valence-corrected chi connectivity index (χ1v) is 7.14. The Morgan fingerprint density at radius 2 is 1.75 bits per heavy atom. The Balaban J connectivity index is 2.15. The SMILES string of the molecule is CCOc1ccc(C(=O)Nc2ccc(C(F)(F)F)cc2)cc1OC. The number of benzene rings is 2. The normalized spacial score (nSPS) is 11.0. The number of rotatable bonds is 5. The molecule has 0 fully saturated rings. The number of hydrogen-bond donors (Lipinski definition) is 1. The standard InChI is InChI=1S/C17H16F3NO3/c1-3-24-14-9-4-11(10-15(14)23-2)16(22)21-13-7-5-12(6-8-13)17(18,19)20/h4-10H,3H2,1-2H3,(H,21,22). The van der Waals surface area contributed by atoms with Crippen LogP contribution in [0, 0.1) is 0 Å². The highest BCUT2D eigenvalue weighted by Gasteiger charge is 2.30. The molecule has 0 unspecified atom stereocenters. The monoisotopic (exact) mass is 339 g/mol. The van der Waals surface area contributed by atoms with Crippen molar-refractivity contribution < 1.29 is 27.4 Å². The number of hydrogen-bond acceptors (Lipinski definition) is 3. The molecule has 0 saturated heterocycles. The second-order valence-corrected chi connectivity index (χ2v) is 4.83. The number of methoxy groups -OCH3 is 1. The van der Waals surface area contributed by atoms with Crippen molar-refractivity contribution >= 4 is 11.6 Å². The first-order chi connectivity index (χ1) is 11.3. The molecule has 0 spiro atoms. The highest BCUT2D eigenvalue weighted by molar-refractivity contribution is 6.04. The van der Waals surface area contributed by atoms with Crippen LogP contribution in [0.3, 0.4) is 0 Å². The Hall–Kier alpha value is -2.70. The lowest BCUT2D eigenvalue weighted by Crippen LogP contribution is -2.12. The van der Waals surface area contributed by atoms with Gasteiger partial charge in [-0.25, -0.2) is 0 Å². The molecule has 0 aromatic heterocycles. The van der Waals surface area contributed by atoms with E-state index >= 15 is 0 Å². The van der Waals surface area contributed by atoms with Gasteiger partial charge in [0.05, 0.1) is 19.3 Å². The first kappa shape index (κ1) is 17.7. The minimum Gasteiger partial charge on any atom is -0.493 e. The third-order valence-corrected chi connectivity index (χ3v) is 3.20. The molecule has 0 atom stereocenters. The van der Waals surface area contributed by atoms with Gasteiger partial charge in [-0.1, -0.05) is 0 Å². The number of anilines is 1. The first-order valence-electron chi connectivity index (χ1n) is 7.14. The summed E-state index contributed by atoms with van der Waals surface area (Å²) in [6, 6.07) is 8.88. The number of carbonyl (C=O) groups is 1. The van der Waals surface area contributed by atoms with E-state index in [0.29, 0.717) is 23.7 Å². The Morgan fingerprint density at radius 1 is 1.08 bits per heavy atom. The topological polar surface area (TPSA) is 47.6 Å². The molecular weight excluding hydrogens is 323 g/mol. The fourth-order valence-electron chi connectivity index (χ4n) is 2.03. The van der Waals surface area contributed by atoms with Gasteiger partial charge in [0.1, 0.15) is 0 Å². The molecule has 2 rings (SSSR count). The maximum Gasteiger partial charge on any atom is 0.416 e. The zero-order valence-electron chi connectivity index (χ0n) is 13.1. The number of ether oxygens (including phenoxy) is 2.